The Bertz CT molecular complexity index is 709. The molecule has 9 heteroatoms. The van der Waals surface area contributed by atoms with Crippen molar-refractivity contribution in [2.24, 2.45) is 0 Å². The van der Waals surface area contributed by atoms with Gasteiger partial charge in [0.15, 0.2) is 5.82 Å². The van der Waals surface area contributed by atoms with Crippen LogP contribution in [0.15, 0.2) is 12.3 Å². The zero-order valence-electron chi connectivity index (χ0n) is 13.0. The monoisotopic (exact) mass is 460 g/mol. The molecule has 23 heavy (non-hydrogen) atoms. The maximum Gasteiger partial charge on any atom is 0.417 e. The van der Waals surface area contributed by atoms with Gasteiger partial charge in [-0.1, -0.05) is 19.6 Å². The van der Waals surface area contributed by atoms with Gasteiger partial charge in [0.05, 0.1) is 11.1 Å². The lowest BCUT2D eigenvalue weighted by atomic mass is 10.2. The van der Waals surface area contributed by atoms with Crippen LogP contribution in [-0.4, -0.2) is 24.2 Å². The summed E-state index contributed by atoms with van der Waals surface area (Å²) < 4.78 is 59.7. The molecule has 0 spiro atoms. The largest absolute Gasteiger partial charge is 0.417 e. The lowest BCUT2D eigenvalue weighted by Gasteiger charge is -2.16. The van der Waals surface area contributed by atoms with Crippen LogP contribution in [-0.2, 0) is 17.6 Å². The highest BCUT2D eigenvalue weighted by Crippen LogP contribution is 2.32. The summed E-state index contributed by atoms with van der Waals surface area (Å²) in [6.45, 7) is 7.10. The average molecular weight is 460 g/mol. The van der Waals surface area contributed by atoms with Crippen LogP contribution in [0.25, 0.3) is 11.0 Å². The van der Waals surface area contributed by atoms with E-state index in [2.05, 4.69) is 24.6 Å². The van der Waals surface area contributed by atoms with Crippen molar-refractivity contribution < 1.29 is 22.3 Å². The van der Waals surface area contributed by atoms with E-state index in [1.807, 2.05) is 0 Å². The number of alkyl halides is 3. The van der Waals surface area contributed by atoms with Gasteiger partial charge in [0.2, 0.25) is 0 Å². The van der Waals surface area contributed by atoms with E-state index >= 15 is 0 Å². The summed E-state index contributed by atoms with van der Waals surface area (Å²) in [4.78, 5) is 3.63. The van der Waals surface area contributed by atoms with Crippen LogP contribution in [0.3, 0.4) is 0 Å². The Labute approximate surface area is 146 Å². The van der Waals surface area contributed by atoms with Crippen LogP contribution in [0.4, 0.5) is 17.6 Å². The minimum Gasteiger partial charge on any atom is -0.361 e. The van der Waals surface area contributed by atoms with Crippen LogP contribution in [0.5, 0.6) is 0 Å². The minimum atomic E-state index is -4.52. The van der Waals surface area contributed by atoms with Gasteiger partial charge in [0.1, 0.15) is 15.9 Å². The summed E-state index contributed by atoms with van der Waals surface area (Å²) in [5.74, 6) is -0.622. The molecule has 0 aliphatic carbocycles. The molecule has 0 fully saturated rings. The van der Waals surface area contributed by atoms with E-state index in [0.717, 1.165) is 12.1 Å². The fraction of sp³-hybridized carbons (Fsp3) is 0.500. The SMILES string of the molecule is C[Si](C)(C)CCOCn1c(I)c(F)c2ncc(C(F)(F)F)cc21. The molecular weight excluding hydrogens is 443 g/mol. The lowest BCUT2D eigenvalue weighted by Crippen LogP contribution is -2.22. The topological polar surface area (TPSA) is 27.1 Å². The Morgan fingerprint density at radius 1 is 1.30 bits per heavy atom. The highest BCUT2D eigenvalue weighted by Gasteiger charge is 2.32. The Morgan fingerprint density at radius 2 is 1.96 bits per heavy atom. The van der Waals surface area contributed by atoms with E-state index in [4.69, 9.17) is 4.74 Å². The van der Waals surface area contributed by atoms with Crippen LogP contribution in [0.2, 0.25) is 25.7 Å². The number of halogens is 5. The third kappa shape index (κ3) is 4.44. The predicted octanol–water partition coefficient (Wildman–Crippen LogP) is 5.11. The number of nitrogens with zero attached hydrogens (tertiary/aromatic N) is 2. The van der Waals surface area contributed by atoms with Crippen molar-refractivity contribution in [3.05, 3.63) is 27.3 Å². The summed E-state index contributed by atoms with van der Waals surface area (Å²) in [7, 11) is -1.26. The molecule has 0 amide bonds. The Morgan fingerprint density at radius 3 is 2.52 bits per heavy atom. The van der Waals surface area contributed by atoms with Crippen molar-refractivity contribution in [2.75, 3.05) is 6.61 Å². The van der Waals surface area contributed by atoms with Crippen molar-refractivity contribution in [1.82, 2.24) is 9.55 Å². The summed E-state index contributed by atoms with van der Waals surface area (Å²) in [6, 6.07) is 1.84. The summed E-state index contributed by atoms with van der Waals surface area (Å²) >= 11 is 1.75. The molecule has 0 aromatic carbocycles. The number of ether oxygens (including phenoxy) is 1. The number of pyridine rings is 1. The summed E-state index contributed by atoms with van der Waals surface area (Å²) in [6.07, 6.45) is -3.87. The predicted molar refractivity (Wildman–Crippen MR) is 91.5 cm³/mol. The molecular formula is C14H17F4IN2OSi. The number of hydrogen-bond acceptors (Lipinski definition) is 2. The Hall–Kier alpha value is -0.683. The quantitative estimate of drug-likeness (QED) is 0.269. The highest BCUT2D eigenvalue weighted by atomic mass is 127. The van der Waals surface area contributed by atoms with E-state index in [1.54, 1.807) is 22.6 Å². The Balaban J connectivity index is 2.29. The maximum atomic E-state index is 14.1. The number of hydrogen-bond donors (Lipinski definition) is 0. The summed E-state index contributed by atoms with van der Waals surface area (Å²) in [5.41, 5.74) is -0.881. The number of rotatable bonds is 5. The van der Waals surface area contributed by atoms with E-state index in [0.29, 0.717) is 12.8 Å². The molecule has 0 aliphatic heterocycles. The molecule has 3 nitrogen and oxygen atoms in total. The normalized spacial score (nSPS) is 13.0. The van der Waals surface area contributed by atoms with Gasteiger partial charge in [-0.05, 0) is 34.7 Å². The zero-order chi connectivity index (χ0) is 17.4. The molecule has 0 saturated heterocycles. The third-order valence-corrected chi connectivity index (χ3v) is 6.09. The van der Waals surface area contributed by atoms with Gasteiger partial charge in [-0.3, -0.25) is 4.98 Å². The van der Waals surface area contributed by atoms with Crippen molar-refractivity contribution >= 4 is 41.7 Å². The Kier molecular flexibility index (Phi) is 5.41. The lowest BCUT2D eigenvalue weighted by molar-refractivity contribution is -0.137. The molecule has 2 rings (SSSR count). The van der Waals surface area contributed by atoms with Crippen LogP contribution in [0.1, 0.15) is 5.56 Å². The average Bonchev–Trinajstić information content (AvgIpc) is 2.65. The minimum absolute atomic E-state index is 0.00611. The second-order valence-corrected chi connectivity index (χ2v) is 13.1. The van der Waals surface area contributed by atoms with Gasteiger partial charge in [-0.25, -0.2) is 4.39 Å². The van der Waals surface area contributed by atoms with E-state index in [1.165, 1.54) is 4.57 Å². The molecule has 2 aromatic heterocycles. The molecule has 2 aromatic rings. The molecule has 0 atom stereocenters. The molecule has 0 N–H and O–H groups in total. The molecule has 2 heterocycles. The first-order valence-corrected chi connectivity index (χ1v) is 11.8. The molecule has 0 bridgehead atoms. The van der Waals surface area contributed by atoms with Gasteiger partial charge in [-0.15, -0.1) is 0 Å². The van der Waals surface area contributed by atoms with Crippen LogP contribution in [0, 0.1) is 9.52 Å². The van der Waals surface area contributed by atoms with Crippen molar-refractivity contribution in [3.63, 3.8) is 0 Å². The zero-order valence-corrected chi connectivity index (χ0v) is 16.1. The molecule has 0 saturated carbocycles. The first kappa shape index (κ1) is 18.7. The van der Waals surface area contributed by atoms with E-state index in [9.17, 15) is 17.6 Å². The van der Waals surface area contributed by atoms with Gasteiger partial charge < -0.3 is 9.30 Å². The standard InChI is InChI=1S/C14H17F4IN2OSi/c1-23(2,3)5-4-22-8-21-10-6-9(14(16,17)18)7-20-12(10)11(15)13(21)19/h6-7H,4-5,8H2,1-3H3. The highest BCUT2D eigenvalue weighted by molar-refractivity contribution is 14.1. The van der Waals surface area contributed by atoms with Gasteiger partial charge in [-0.2, -0.15) is 13.2 Å². The fourth-order valence-corrected chi connectivity index (χ4v) is 3.38. The van der Waals surface area contributed by atoms with Crippen molar-refractivity contribution in [3.8, 4) is 0 Å². The van der Waals surface area contributed by atoms with Gasteiger partial charge in [0.25, 0.3) is 0 Å². The second-order valence-electron chi connectivity index (χ2n) is 6.47. The number of aromatic nitrogens is 2. The molecule has 128 valence electrons. The van der Waals surface area contributed by atoms with E-state index < -0.39 is 25.6 Å². The van der Waals surface area contributed by atoms with Crippen molar-refractivity contribution in [2.45, 2.75) is 38.6 Å². The molecule has 0 aliphatic rings. The number of fused-ring (bicyclic) bond motifs is 1. The van der Waals surface area contributed by atoms with E-state index in [-0.39, 0.29) is 21.5 Å². The van der Waals surface area contributed by atoms with Gasteiger partial charge in [0, 0.05) is 20.9 Å². The third-order valence-electron chi connectivity index (χ3n) is 3.33. The molecule has 0 unspecified atom stereocenters. The first-order valence-electron chi connectivity index (χ1n) is 6.99. The van der Waals surface area contributed by atoms with Crippen LogP contribution >= 0.6 is 22.6 Å². The smallest absolute Gasteiger partial charge is 0.361 e. The van der Waals surface area contributed by atoms with Crippen LogP contribution < -0.4 is 0 Å². The fourth-order valence-electron chi connectivity index (χ4n) is 1.97. The maximum absolute atomic E-state index is 14.1. The molecule has 0 radical (unpaired) electrons. The van der Waals surface area contributed by atoms with Crippen molar-refractivity contribution in [1.29, 1.82) is 0 Å². The van der Waals surface area contributed by atoms with Gasteiger partial charge >= 0.3 is 6.18 Å². The first-order chi connectivity index (χ1) is 10.5. The summed E-state index contributed by atoms with van der Waals surface area (Å²) in [5, 5.41) is 0. The second kappa shape index (κ2) is 6.67.